The van der Waals surface area contributed by atoms with Crippen molar-refractivity contribution in [1.82, 2.24) is 0 Å². The van der Waals surface area contributed by atoms with Gasteiger partial charge in [0, 0.05) is 47.0 Å². The van der Waals surface area contributed by atoms with E-state index in [9.17, 15) is 37.1 Å². The van der Waals surface area contributed by atoms with Crippen molar-refractivity contribution in [3.63, 3.8) is 0 Å². The van der Waals surface area contributed by atoms with Crippen LogP contribution in [0.1, 0.15) is 6.42 Å². The van der Waals surface area contributed by atoms with Crippen molar-refractivity contribution >= 4 is 40.7 Å². The highest BCUT2D eigenvalue weighted by atomic mass is 19.1. The molecule has 0 saturated carbocycles. The Morgan fingerprint density at radius 3 is 1.62 bits per heavy atom. The fourth-order valence-electron chi connectivity index (χ4n) is 3.79. The Balaban J connectivity index is 1.20. The first-order valence-corrected chi connectivity index (χ1v) is 13.3. The zero-order valence-corrected chi connectivity index (χ0v) is 23.8. The summed E-state index contributed by atoms with van der Waals surface area (Å²) in [5.41, 5.74) is 6.94. The topological polar surface area (TPSA) is 204 Å². The highest BCUT2D eigenvalue weighted by Gasteiger charge is 2.19. The number of carbonyl (C=O) groups is 3. The normalized spacial score (nSPS) is 12.0. The lowest BCUT2D eigenvalue weighted by Gasteiger charge is -2.17. The van der Waals surface area contributed by atoms with Crippen LogP contribution >= 0.6 is 0 Å². The molecule has 0 aliphatic rings. The van der Waals surface area contributed by atoms with Gasteiger partial charge in [0.1, 0.15) is 11.5 Å². The lowest BCUT2D eigenvalue weighted by molar-refractivity contribution is -0.122. The van der Waals surface area contributed by atoms with Gasteiger partial charge in [-0.15, -0.1) is 0 Å². The Bertz CT molecular complexity index is 1730. The Labute approximate surface area is 262 Å². The van der Waals surface area contributed by atoms with E-state index in [4.69, 9.17) is 25.4 Å². The van der Waals surface area contributed by atoms with Crippen LogP contribution < -0.4 is 36.5 Å². The van der Waals surface area contributed by atoms with E-state index >= 15 is 0 Å². The molecule has 0 spiro atoms. The third kappa shape index (κ3) is 9.46. The Kier molecular flexibility index (Phi) is 10.7. The van der Waals surface area contributed by atoms with Gasteiger partial charge >= 0.3 is 6.09 Å². The number of amides is 3. The SMILES string of the molecule is NC(CC(=O)Nc1ccc(NC(O)Oc2cc(F)c(O)c(F)c2)cc1)C(=O)Nc1ccc(NC(=O)Oc2cc(F)c(O)c(F)c2)cc1. The third-order valence-corrected chi connectivity index (χ3v) is 6.04. The number of phenols is 2. The monoisotopic (exact) mass is 659 g/mol. The van der Waals surface area contributed by atoms with E-state index in [2.05, 4.69) is 21.3 Å². The molecule has 246 valence electrons. The third-order valence-electron chi connectivity index (χ3n) is 6.04. The number of ether oxygens (including phenoxy) is 2. The minimum absolute atomic E-state index is 0.197. The molecule has 47 heavy (non-hydrogen) atoms. The Hall–Kier alpha value is -6.07. The van der Waals surface area contributed by atoms with E-state index in [1.165, 1.54) is 48.5 Å². The average molecular weight is 660 g/mol. The molecule has 17 heteroatoms. The van der Waals surface area contributed by atoms with Gasteiger partial charge in [0.15, 0.2) is 34.8 Å². The number of nitrogens with two attached hydrogens (primary N) is 1. The molecule has 4 rings (SSSR count). The van der Waals surface area contributed by atoms with E-state index in [0.29, 0.717) is 35.6 Å². The molecule has 3 amide bonds. The van der Waals surface area contributed by atoms with Gasteiger partial charge in [-0.3, -0.25) is 14.9 Å². The van der Waals surface area contributed by atoms with Crippen LogP contribution in [0.25, 0.3) is 0 Å². The van der Waals surface area contributed by atoms with Gasteiger partial charge < -0.3 is 46.5 Å². The van der Waals surface area contributed by atoms with Gasteiger partial charge in [-0.05, 0) is 48.5 Å². The number of hydrogen-bond donors (Lipinski definition) is 8. The molecule has 0 aliphatic carbocycles. The molecule has 0 aliphatic heterocycles. The van der Waals surface area contributed by atoms with E-state index in [1.807, 2.05) is 0 Å². The summed E-state index contributed by atoms with van der Waals surface area (Å²) in [6.07, 6.45) is -3.21. The number of benzene rings is 4. The van der Waals surface area contributed by atoms with Crippen molar-refractivity contribution in [3.8, 4) is 23.0 Å². The predicted molar refractivity (Wildman–Crippen MR) is 159 cm³/mol. The predicted octanol–water partition coefficient (Wildman–Crippen LogP) is 4.33. The van der Waals surface area contributed by atoms with Gasteiger partial charge in [0.05, 0.1) is 12.5 Å². The number of rotatable bonds is 11. The molecule has 13 nitrogen and oxygen atoms in total. The average Bonchev–Trinajstić information content (AvgIpc) is 3.00. The zero-order chi connectivity index (χ0) is 34.2. The van der Waals surface area contributed by atoms with Crippen molar-refractivity contribution in [2.45, 2.75) is 18.9 Å². The van der Waals surface area contributed by atoms with Crippen molar-refractivity contribution in [3.05, 3.63) is 96.1 Å². The van der Waals surface area contributed by atoms with Gasteiger partial charge in [-0.2, -0.15) is 0 Å². The van der Waals surface area contributed by atoms with Crippen LogP contribution in [-0.2, 0) is 9.59 Å². The van der Waals surface area contributed by atoms with Gasteiger partial charge in [0.25, 0.3) is 6.41 Å². The minimum atomic E-state index is -1.73. The molecule has 4 aromatic rings. The van der Waals surface area contributed by atoms with E-state index < -0.39 is 77.3 Å². The van der Waals surface area contributed by atoms with Crippen LogP contribution in [0.3, 0.4) is 0 Å². The summed E-state index contributed by atoms with van der Waals surface area (Å²) in [7, 11) is 0. The van der Waals surface area contributed by atoms with Crippen molar-refractivity contribution in [2.75, 3.05) is 21.3 Å². The summed E-state index contributed by atoms with van der Waals surface area (Å²) in [6, 6.07) is 12.7. The van der Waals surface area contributed by atoms with Gasteiger partial charge in [-0.25, -0.2) is 22.4 Å². The molecular weight excluding hydrogens is 634 g/mol. The Morgan fingerprint density at radius 2 is 1.11 bits per heavy atom. The number of nitrogens with one attached hydrogen (secondary N) is 4. The maximum Gasteiger partial charge on any atom is 0.417 e. The number of carbonyl (C=O) groups excluding carboxylic acids is 3. The number of aromatic hydroxyl groups is 2. The summed E-state index contributed by atoms with van der Waals surface area (Å²) in [5, 5.41) is 38.1. The van der Waals surface area contributed by atoms with Crippen molar-refractivity contribution in [2.24, 2.45) is 5.73 Å². The van der Waals surface area contributed by atoms with Crippen LogP contribution in [0, 0.1) is 23.3 Å². The zero-order valence-electron chi connectivity index (χ0n) is 23.8. The van der Waals surface area contributed by atoms with Crippen molar-refractivity contribution in [1.29, 1.82) is 0 Å². The first kappa shape index (κ1) is 33.8. The lowest BCUT2D eigenvalue weighted by Crippen LogP contribution is -2.38. The molecule has 0 fully saturated rings. The maximum absolute atomic E-state index is 13.4. The molecule has 2 unspecified atom stereocenters. The first-order chi connectivity index (χ1) is 22.3. The molecule has 0 heterocycles. The standard InChI is InChI=1S/C30H25F4N5O8/c31-20-9-18(10-21(32)26(20)41)46-29(44)38-16-5-1-14(2-6-16)36-25(40)13-24(35)28(43)37-15-3-7-17(8-4-15)39-30(45)47-19-11-22(33)27(42)23(34)12-19/h1-12,24,29,38,41-42,44H,13,35H2,(H,36,40)(H,37,43)(H,39,45). The largest absolute Gasteiger partial charge is 0.503 e. The molecule has 9 N–H and O–H groups in total. The summed E-state index contributed by atoms with van der Waals surface area (Å²) in [5.74, 6) is -9.75. The molecule has 0 bridgehead atoms. The first-order valence-electron chi connectivity index (χ1n) is 13.3. The second-order valence-electron chi connectivity index (χ2n) is 9.60. The summed E-state index contributed by atoms with van der Waals surface area (Å²) in [6.45, 7) is 0. The van der Waals surface area contributed by atoms with Crippen LogP contribution in [0.4, 0.5) is 45.1 Å². The summed E-state index contributed by atoms with van der Waals surface area (Å²) < 4.78 is 63.5. The molecular formula is C30H25F4N5O8. The van der Waals surface area contributed by atoms with Gasteiger partial charge in [0.2, 0.25) is 11.8 Å². The van der Waals surface area contributed by atoms with Gasteiger partial charge in [-0.1, -0.05) is 0 Å². The molecule has 0 saturated heterocycles. The quantitative estimate of drug-likeness (QED) is 0.0846. The number of aliphatic hydroxyl groups is 1. The van der Waals surface area contributed by atoms with E-state index in [1.54, 1.807) is 0 Å². The fraction of sp³-hybridized carbons (Fsp3) is 0.100. The second-order valence-corrected chi connectivity index (χ2v) is 9.60. The number of anilines is 4. The lowest BCUT2D eigenvalue weighted by atomic mass is 10.1. The van der Waals surface area contributed by atoms with E-state index in [-0.39, 0.29) is 17.1 Å². The van der Waals surface area contributed by atoms with Crippen LogP contribution in [0.2, 0.25) is 0 Å². The number of phenolic OH excluding ortho intramolecular Hbond substituents is 2. The summed E-state index contributed by atoms with van der Waals surface area (Å²) in [4.78, 5) is 36.9. The van der Waals surface area contributed by atoms with Crippen molar-refractivity contribution < 1.29 is 56.7 Å². The smallest absolute Gasteiger partial charge is 0.417 e. The van der Waals surface area contributed by atoms with Crippen LogP contribution in [0.15, 0.2) is 72.8 Å². The highest BCUT2D eigenvalue weighted by Crippen LogP contribution is 2.27. The second kappa shape index (κ2) is 14.8. The van der Waals surface area contributed by atoms with E-state index in [0.717, 1.165) is 0 Å². The molecule has 4 aromatic carbocycles. The van der Waals surface area contributed by atoms with Crippen LogP contribution in [0.5, 0.6) is 23.0 Å². The molecule has 0 aromatic heterocycles. The summed E-state index contributed by atoms with van der Waals surface area (Å²) >= 11 is 0. The molecule has 0 radical (unpaired) electrons. The number of halogens is 4. The maximum atomic E-state index is 13.4. The fourth-order valence-corrected chi connectivity index (χ4v) is 3.79. The number of aliphatic hydroxyl groups excluding tert-OH is 1. The van der Waals surface area contributed by atoms with Crippen LogP contribution in [-0.4, -0.2) is 45.7 Å². The Morgan fingerprint density at radius 1 is 0.681 bits per heavy atom. The molecule has 2 atom stereocenters. The number of hydrogen-bond acceptors (Lipinski definition) is 10. The minimum Gasteiger partial charge on any atom is -0.503 e. The highest BCUT2D eigenvalue weighted by molar-refractivity contribution is 6.00.